The zero-order valence-electron chi connectivity index (χ0n) is 9.82. The number of nitrogens with one attached hydrogen (secondary N) is 1. The van der Waals surface area contributed by atoms with Crippen LogP contribution in [0.2, 0.25) is 0 Å². The van der Waals surface area contributed by atoms with Crippen LogP contribution in [0.4, 0.5) is 0 Å². The van der Waals surface area contributed by atoms with E-state index >= 15 is 0 Å². The normalized spacial score (nSPS) is 25.3. The molecule has 2 aliphatic rings. The van der Waals surface area contributed by atoms with E-state index < -0.39 is 0 Å². The lowest BCUT2D eigenvalue weighted by Crippen LogP contribution is -2.45. The number of thioether (sulfide) groups is 1. The number of rotatable bonds is 2. The van der Waals surface area contributed by atoms with Crippen molar-refractivity contribution in [2.75, 3.05) is 5.75 Å². The number of nitrogens with zero attached hydrogens (tertiary/aromatic N) is 2. The highest BCUT2D eigenvalue weighted by atomic mass is 32.2. The molecule has 1 spiro atoms. The van der Waals surface area contributed by atoms with Gasteiger partial charge in [0.2, 0.25) is 0 Å². The Kier molecular flexibility index (Phi) is 3.09. The number of amidine groups is 1. The molecule has 3 rings (SSSR count). The van der Waals surface area contributed by atoms with Crippen LogP contribution in [0.1, 0.15) is 37.9 Å². The molecule has 0 radical (unpaired) electrons. The van der Waals surface area contributed by atoms with Crippen molar-refractivity contribution in [3.63, 3.8) is 0 Å². The lowest BCUT2D eigenvalue weighted by atomic mass is 9.83. The third-order valence-corrected chi connectivity index (χ3v) is 4.74. The summed E-state index contributed by atoms with van der Waals surface area (Å²) < 4.78 is 5.04. The fourth-order valence-electron chi connectivity index (χ4n) is 2.56. The van der Waals surface area contributed by atoms with E-state index in [1.807, 2.05) is 17.8 Å². The predicted octanol–water partition coefficient (Wildman–Crippen LogP) is 2.57. The Balaban J connectivity index is 1.61. The minimum Gasteiger partial charge on any atom is -0.359 e. The Bertz CT molecular complexity index is 396. The van der Waals surface area contributed by atoms with Gasteiger partial charge in [-0.05, 0) is 12.8 Å². The van der Waals surface area contributed by atoms with Crippen LogP contribution >= 0.6 is 11.8 Å². The summed E-state index contributed by atoms with van der Waals surface area (Å²) in [6.07, 6.45) is 8.33. The molecule has 1 saturated carbocycles. The second-order valence-corrected chi connectivity index (χ2v) is 5.82. The topological polar surface area (TPSA) is 50.4 Å². The van der Waals surface area contributed by atoms with Crippen molar-refractivity contribution in [2.24, 2.45) is 4.99 Å². The van der Waals surface area contributed by atoms with Gasteiger partial charge in [-0.1, -0.05) is 36.2 Å². The number of aromatic nitrogens is 1. The molecular formula is C12H17N3OS. The van der Waals surface area contributed by atoms with Crippen LogP contribution in [0.5, 0.6) is 0 Å². The molecule has 92 valence electrons. The highest BCUT2D eigenvalue weighted by Crippen LogP contribution is 2.36. The van der Waals surface area contributed by atoms with E-state index in [4.69, 9.17) is 4.52 Å². The lowest BCUT2D eigenvalue weighted by molar-refractivity contribution is 0.303. The van der Waals surface area contributed by atoms with E-state index in [-0.39, 0.29) is 0 Å². The van der Waals surface area contributed by atoms with E-state index in [0.29, 0.717) is 12.1 Å². The van der Waals surface area contributed by atoms with E-state index in [2.05, 4.69) is 15.5 Å². The average molecular weight is 251 g/mol. The Hall–Kier alpha value is -0.970. The van der Waals surface area contributed by atoms with Gasteiger partial charge >= 0.3 is 0 Å². The molecule has 0 aromatic carbocycles. The van der Waals surface area contributed by atoms with Gasteiger partial charge in [0, 0.05) is 17.4 Å². The van der Waals surface area contributed by atoms with Gasteiger partial charge in [0.25, 0.3) is 0 Å². The zero-order valence-corrected chi connectivity index (χ0v) is 10.6. The summed E-state index contributed by atoms with van der Waals surface area (Å²) >= 11 is 1.85. The third-order valence-electron chi connectivity index (χ3n) is 3.54. The number of aliphatic imine (C=N–C) groups is 1. The van der Waals surface area contributed by atoms with Crippen LogP contribution < -0.4 is 5.32 Å². The van der Waals surface area contributed by atoms with E-state index in [9.17, 15) is 0 Å². The van der Waals surface area contributed by atoms with Crippen LogP contribution in [0, 0.1) is 0 Å². The van der Waals surface area contributed by atoms with Crippen LogP contribution in [0.15, 0.2) is 21.8 Å². The molecule has 0 bridgehead atoms. The molecule has 2 heterocycles. The molecule has 1 N–H and O–H groups in total. The van der Waals surface area contributed by atoms with E-state index in [1.165, 1.54) is 37.9 Å². The molecular weight excluding hydrogens is 234 g/mol. The van der Waals surface area contributed by atoms with Crippen molar-refractivity contribution in [2.45, 2.75) is 44.2 Å². The first kappa shape index (κ1) is 11.1. The maximum Gasteiger partial charge on any atom is 0.158 e. The van der Waals surface area contributed by atoms with Crippen molar-refractivity contribution in [1.82, 2.24) is 10.5 Å². The molecule has 0 unspecified atom stereocenters. The first-order valence-electron chi connectivity index (χ1n) is 6.21. The second kappa shape index (κ2) is 4.72. The van der Waals surface area contributed by atoms with Gasteiger partial charge in [0.1, 0.15) is 6.54 Å². The summed E-state index contributed by atoms with van der Waals surface area (Å²) in [5, 5.41) is 8.37. The summed E-state index contributed by atoms with van der Waals surface area (Å²) in [6.45, 7) is 0.589. The fourth-order valence-corrected chi connectivity index (χ4v) is 3.78. The highest BCUT2D eigenvalue weighted by molar-refractivity contribution is 8.14. The molecule has 1 aliphatic carbocycles. The molecule has 5 heteroatoms. The number of hydrogen-bond donors (Lipinski definition) is 1. The summed E-state index contributed by atoms with van der Waals surface area (Å²) in [6, 6.07) is 1.86. The van der Waals surface area contributed by atoms with Crippen LogP contribution in [-0.2, 0) is 6.54 Å². The Morgan fingerprint density at radius 2 is 2.29 bits per heavy atom. The van der Waals surface area contributed by atoms with Crippen LogP contribution in [0.25, 0.3) is 0 Å². The van der Waals surface area contributed by atoms with Crippen LogP contribution in [-0.4, -0.2) is 21.6 Å². The Morgan fingerprint density at radius 3 is 3.06 bits per heavy atom. The van der Waals surface area contributed by atoms with Crippen molar-refractivity contribution in [3.05, 3.63) is 18.0 Å². The average Bonchev–Trinajstić information content (AvgIpc) is 2.98. The zero-order chi connectivity index (χ0) is 11.6. The summed E-state index contributed by atoms with van der Waals surface area (Å²) in [5.41, 5.74) is 0.336. The summed E-state index contributed by atoms with van der Waals surface area (Å²) in [7, 11) is 0. The van der Waals surface area contributed by atoms with Gasteiger partial charge in [-0.25, -0.2) is 0 Å². The Labute approximate surface area is 105 Å². The molecule has 1 aromatic heterocycles. The third kappa shape index (κ3) is 2.49. The first-order valence-corrected chi connectivity index (χ1v) is 7.20. The van der Waals surface area contributed by atoms with Gasteiger partial charge in [-0.3, -0.25) is 4.99 Å². The second-order valence-electron chi connectivity index (χ2n) is 4.85. The maximum atomic E-state index is 5.04. The van der Waals surface area contributed by atoms with Gasteiger partial charge in [-0.15, -0.1) is 0 Å². The molecule has 0 atom stereocenters. The van der Waals surface area contributed by atoms with Gasteiger partial charge in [0.05, 0.1) is 6.20 Å². The highest BCUT2D eigenvalue weighted by Gasteiger charge is 2.37. The minimum absolute atomic E-state index is 0.336. The molecule has 1 aromatic rings. The van der Waals surface area contributed by atoms with Crippen molar-refractivity contribution >= 4 is 16.9 Å². The Morgan fingerprint density at radius 1 is 1.41 bits per heavy atom. The predicted molar refractivity (Wildman–Crippen MR) is 69.1 cm³/mol. The van der Waals surface area contributed by atoms with Gasteiger partial charge < -0.3 is 9.84 Å². The summed E-state index contributed by atoms with van der Waals surface area (Å²) in [5.74, 6) is 1.99. The van der Waals surface area contributed by atoms with E-state index in [1.54, 1.807) is 6.20 Å². The quantitative estimate of drug-likeness (QED) is 0.877. The van der Waals surface area contributed by atoms with Crippen molar-refractivity contribution in [3.8, 4) is 0 Å². The minimum atomic E-state index is 0.336. The monoisotopic (exact) mass is 251 g/mol. The van der Waals surface area contributed by atoms with Gasteiger partial charge in [0.15, 0.2) is 10.9 Å². The fraction of sp³-hybridized carbons (Fsp3) is 0.667. The molecule has 0 amide bonds. The van der Waals surface area contributed by atoms with E-state index in [0.717, 1.165) is 10.9 Å². The first-order chi connectivity index (χ1) is 8.36. The summed E-state index contributed by atoms with van der Waals surface area (Å²) in [4.78, 5) is 4.55. The van der Waals surface area contributed by atoms with Crippen LogP contribution in [0.3, 0.4) is 0 Å². The van der Waals surface area contributed by atoms with Crippen molar-refractivity contribution < 1.29 is 4.52 Å². The molecule has 17 heavy (non-hydrogen) atoms. The molecule has 4 nitrogen and oxygen atoms in total. The lowest BCUT2D eigenvalue weighted by Gasteiger charge is -2.32. The SMILES string of the molecule is c1cc(CN=C2NC3(CCCCC3)CS2)on1. The molecule has 2 fully saturated rings. The standard InChI is InChI=1S/C12H17N3OS/c1-2-5-12(6-3-1)9-17-11(15-12)13-8-10-4-7-14-16-10/h4,7H,1-3,5-6,8-9H2,(H,13,15). The smallest absolute Gasteiger partial charge is 0.158 e. The number of hydrogen-bond acceptors (Lipinski definition) is 4. The van der Waals surface area contributed by atoms with Crippen molar-refractivity contribution in [1.29, 1.82) is 0 Å². The maximum absolute atomic E-state index is 5.04. The molecule has 1 aliphatic heterocycles. The molecule has 1 saturated heterocycles. The largest absolute Gasteiger partial charge is 0.359 e. The van der Waals surface area contributed by atoms with Gasteiger partial charge in [-0.2, -0.15) is 0 Å².